The van der Waals surface area contributed by atoms with Crippen molar-refractivity contribution < 1.29 is 0 Å². The van der Waals surface area contributed by atoms with Crippen molar-refractivity contribution >= 4 is 63.7 Å². The molecule has 0 radical (unpaired) electrons. The minimum atomic E-state index is 0.264. The van der Waals surface area contributed by atoms with Gasteiger partial charge in [-0.05, 0) is 37.5 Å². The minimum absolute atomic E-state index is 0.264. The lowest BCUT2D eigenvalue weighted by Gasteiger charge is -2.32. The summed E-state index contributed by atoms with van der Waals surface area (Å²) < 4.78 is 0.549. The van der Waals surface area contributed by atoms with E-state index in [1.807, 2.05) is 0 Å². The third-order valence-corrected chi connectivity index (χ3v) is 11.4. The number of halogens is 4. The number of hydrogen-bond acceptors (Lipinski definition) is 0. The van der Waals surface area contributed by atoms with E-state index in [0.29, 0.717) is 10.8 Å². The summed E-state index contributed by atoms with van der Waals surface area (Å²) in [5.41, 5.74) is 1.12. The van der Waals surface area contributed by atoms with Gasteiger partial charge in [0.15, 0.2) is 0 Å². The Balaban J connectivity index is 1.76. The van der Waals surface area contributed by atoms with Gasteiger partial charge < -0.3 is 0 Å². The Morgan fingerprint density at radius 3 is 1.62 bits per heavy atom. The highest BCUT2D eigenvalue weighted by molar-refractivity contribution is 9.26. The van der Waals surface area contributed by atoms with Crippen molar-refractivity contribution in [2.75, 3.05) is 0 Å². The fraction of sp³-hybridized carbons (Fsp3) is 1.00. The normalized spacial score (nSPS) is 59.2. The Hall–Kier alpha value is 1.92. The molecule has 90 valence electrons. The van der Waals surface area contributed by atoms with Crippen molar-refractivity contribution in [2.24, 2.45) is 22.7 Å². The maximum Gasteiger partial charge on any atom is 0.0929 e. The molecule has 0 spiro atoms. The van der Waals surface area contributed by atoms with Gasteiger partial charge in [-0.2, -0.15) is 0 Å². The van der Waals surface area contributed by atoms with Gasteiger partial charge in [0, 0.05) is 10.8 Å². The summed E-state index contributed by atoms with van der Waals surface area (Å²) in [7, 11) is 0. The highest BCUT2D eigenvalue weighted by atomic mass is 79.9. The summed E-state index contributed by atoms with van der Waals surface area (Å²) in [6.07, 6.45) is 8.48. The van der Waals surface area contributed by atoms with Gasteiger partial charge in [0.25, 0.3) is 0 Å². The fourth-order valence-electron chi connectivity index (χ4n) is 5.01. The van der Waals surface area contributed by atoms with Crippen LogP contribution in [-0.2, 0) is 0 Å². The quantitative estimate of drug-likeness (QED) is 0.401. The molecule has 4 heteroatoms. The number of rotatable bonds is 0. The van der Waals surface area contributed by atoms with E-state index in [4.69, 9.17) is 0 Å². The van der Waals surface area contributed by atoms with Gasteiger partial charge in [-0.1, -0.05) is 76.6 Å². The molecule has 4 aliphatic rings. The van der Waals surface area contributed by atoms with Crippen LogP contribution in [0.25, 0.3) is 0 Å². The molecule has 0 aromatic carbocycles. The second kappa shape index (κ2) is 2.98. The standard InChI is InChI=1S/C12H14Br4/c13-11(14)7-5-9-3-1-2-4-10(9,6-8(7)11)12(9,15)16/h7-8H,1-6H2/t7-,8+,9-,10-/m0/s1. The molecule has 0 saturated heterocycles. The second-order valence-corrected chi connectivity index (χ2v) is 13.4. The van der Waals surface area contributed by atoms with Crippen molar-refractivity contribution in [1.82, 2.24) is 0 Å². The monoisotopic (exact) mass is 474 g/mol. The van der Waals surface area contributed by atoms with Crippen LogP contribution in [-0.4, -0.2) is 6.47 Å². The lowest BCUT2D eigenvalue weighted by molar-refractivity contribution is 0.164. The van der Waals surface area contributed by atoms with Gasteiger partial charge in [0.1, 0.15) is 0 Å². The Bertz CT molecular complexity index is 345. The Morgan fingerprint density at radius 2 is 1.19 bits per heavy atom. The third-order valence-electron chi connectivity index (χ3n) is 6.01. The number of alkyl halides is 4. The predicted octanol–water partition coefficient (Wildman–Crippen LogP) is 5.56. The van der Waals surface area contributed by atoms with E-state index in [2.05, 4.69) is 63.7 Å². The van der Waals surface area contributed by atoms with Crippen LogP contribution in [0.15, 0.2) is 0 Å². The van der Waals surface area contributed by atoms with E-state index in [0.717, 1.165) is 11.8 Å². The summed E-state index contributed by atoms with van der Waals surface area (Å²) in [6.45, 7) is 0. The third kappa shape index (κ3) is 0.987. The molecule has 0 nitrogen and oxygen atoms in total. The molecule has 0 N–H and O–H groups in total. The van der Waals surface area contributed by atoms with Crippen LogP contribution in [0.1, 0.15) is 38.5 Å². The minimum Gasteiger partial charge on any atom is -0.0721 e. The van der Waals surface area contributed by atoms with Gasteiger partial charge in [-0.15, -0.1) is 0 Å². The average Bonchev–Trinajstić information content (AvgIpc) is 2.93. The van der Waals surface area contributed by atoms with Crippen LogP contribution in [0.2, 0.25) is 0 Å². The molecule has 0 amide bonds. The molecule has 4 aliphatic carbocycles. The largest absolute Gasteiger partial charge is 0.0929 e. The van der Waals surface area contributed by atoms with Crippen LogP contribution in [0.4, 0.5) is 0 Å². The summed E-state index contributed by atoms with van der Waals surface area (Å²) in [5.74, 6) is 1.71. The molecule has 0 aromatic heterocycles. The lowest BCUT2D eigenvalue weighted by Crippen LogP contribution is -2.24. The fourth-order valence-corrected chi connectivity index (χ4v) is 9.43. The van der Waals surface area contributed by atoms with E-state index < -0.39 is 0 Å². The lowest BCUT2D eigenvalue weighted by atomic mass is 9.71. The van der Waals surface area contributed by atoms with E-state index >= 15 is 0 Å². The molecule has 16 heavy (non-hydrogen) atoms. The first-order valence-corrected chi connectivity index (χ1v) is 9.32. The zero-order valence-corrected chi connectivity index (χ0v) is 15.3. The smallest absolute Gasteiger partial charge is 0.0721 e. The van der Waals surface area contributed by atoms with Crippen LogP contribution in [0.5, 0.6) is 0 Å². The SMILES string of the molecule is BrC1(Br)[C@@H]2C[C@@]34CCCC[C@@]3(C[C@@H]21)C4(Br)Br. The number of fused-ring (bicyclic) bond motifs is 1. The first kappa shape index (κ1) is 11.7. The van der Waals surface area contributed by atoms with Crippen molar-refractivity contribution in [3.8, 4) is 0 Å². The molecule has 0 unspecified atom stereocenters. The molecule has 0 aliphatic heterocycles. The molecule has 0 heterocycles. The molecule has 4 fully saturated rings. The van der Waals surface area contributed by atoms with Gasteiger partial charge in [0.2, 0.25) is 0 Å². The topological polar surface area (TPSA) is 0 Å². The van der Waals surface area contributed by atoms with Crippen LogP contribution >= 0.6 is 63.7 Å². The van der Waals surface area contributed by atoms with Crippen molar-refractivity contribution in [2.45, 2.75) is 45.0 Å². The summed E-state index contributed by atoms with van der Waals surface area (Å²) >= 11 is 15.8. The van der Waals surface area contributed by atoms with Gasteiger partial charge >= 0.3 is 0 Å². The second-order valence-electron chi connectivity index (χ2n) is 6.24. The molecular formula is C12H14Br4. The van der Waals surface area contributed by atoms with Crippen molar-refractivity contribution in [3.05, 3.63) is 0 Å². The molecule has 4 rings (SSSR count). The molecule has 0 aromatic rings. The molecular weight excluding hydrogens is 464 g/mol. The first-order valence-electron chi connectivity index (χ1n) is 6.15. The zero-order chi connectivity index (χ0) is 11.4. The van der Waals surface area contributed by atoms with E-state index in [1.54, 1.807) is 0 Å². The van der Waals surface area contributed by atoms with E-state index in [9.17, 15) is 0 Å². The first-order chi connectivity index (χ1) is 7.39. The molecule has 4 atom stereocenters. The summed E-state index contributed by atoms with van der Waals surface area (Å²) in [5, 5.41) is 0. The molecule has 0 bridgehead atoms. The van der Waals surface area contributed by atoms with Crippen molar-refractivity contribution in [1.29, 1.82) is 0 Å². The van der Waals surface area contributed by atoms with E-state index in [-0.39, 0.29) is 6.47 Å². The van der Waals surface area contributed by atoms with Gasteiger partial charge in [0.05, 0.1) is 6.47 Å². The maximum atomic E-state index is 4.03. The average molecular weight is 478 g/mol. The van der Waals surface area contributed by atoms with E-state index in [1.165, 1.54) is 38.5 Å². The summed E-state index contributed by atoms with van der Waals surface area (Å²) in [6, 6.07) is 0. The Morgan fingerprint density at radius 1 is 0.750 bits per heavy atom. The zero-order valence-electron chi connectivity index (χ0n) is 8.91. The van der Waals surface area contributed by atoms with Crippen LogP contribution < -0.4 is 0 Å². The summed E-state index contributed by atoms with van der Waals surface area (Å²) in [4.78, 5) is 0. The highest BCUT2D eigenvalue weighted by Crippen LogP contribution is 2.94. The van der Waals surface area contributed by atoms with Crippen molar-refractivity contribution in [3.63, 3.8) is 0 Å². The van der Waals surface area contributed by atoms with Gasteiger partial charge in [-0.3, -0.25) is 0 Å². The molecule has 4 saturated carbocycles. The van der Waals surface area contributed by atoms with Crippen LogP contribution in [0, 0.1) is 22.7 Å². The predicted molar refractivity (Wildman–Crippen MR) is 80.7 cm³/mol. The van der Waals surface area contributed by atoms with Crippen LogP contribution in [0.3, 0.4) is 0 Å². The van der Waals surface area contributed by atoms with Gasteiger partial charge in [-0.25, -0.2) is 0 Å². The maximum absolute atomic E-state index is 4.03. The Labute approximate surface area is 130 Å². The number of hydrogen-bond donors (Lipinski definition) is 0. The Kier molecular flexibility index (Phi) is 2.18. The highest BCUT2D eigenvalue weighted by Gasteiger charge is 2.90.